The Bertz CT molecular complexity index is 900. The van der Waals surface area contributed by atoms with Crippen molar-refractivity contribution < 1.29 is 4.79 Å². The highest BCUT2D eigenvalue weighted by Crippen LogP contribution is 2.32. The Morgan fingerprint density at radius 3 is 2.93 bits per heavy atom. The number of amides is 1. The molecule has 1 atom stereocenters. The molecule has 0 N–H and O–H groups in total. The standard InChI is InChI=1S/C18H22N6OS2/c1-12(17-19-14-9-5-6-10-15(14)27-17)23(2)16(25)11-26-18-20-21-22-24(18)13-7-3-4-8-13/h5-6,9-10,12-13H,3-4,7-8,11H2,1-2H3/t12-/m1/s1. The van der Waals surface area contributed by atoms with E-state index >= 15 is 0 Å². The summed E-state index contributed by atoms with van der Waals surface area (Å²) in [6.07, 6.45) is 4.66. The number of benzene rings is 1. The van der Waals surface area contributed by atoms with Gasteiger partial charge in [-0.25, -0.2) is 9.67 Å². The monoisotopic (exact) mass is 402 g/mol. The van der Waals surface area contributed by atoms with Crippen LogP contribution >= 0.6 is 23.1 Å². The minimum absolute atomic E-state index is 0.0488. The van der Waals surface area contributed by atoms with Crippen molar-refractivity contribution in [1.29, 1.82) is 0 Å². The summed E-state index contributed by atoms with van der Waals surface area (Å²) in [4.78, 5) is 19.1. The molecule has 1 amide bonds. The molecule has 7 nitrogen and oxygen atoms in total. The molecule has 1 saturated carbocycles. The van der Waals surface area contributed by atoms with Crippen LogP contribution in [-0.2, 0) is 4.79 Å². The molecule has 2 heterocycles. The summed E-state index contributed by atoms with van der Waals surface area (Å²) >= 11 is 3.05. The highest BCUT2D eigenvalue weighted by Gasteiger charge is 2.24. The molecule has 0 bridgehead atoms. The van der Waals surface area contributed by atoms with E-state index in [1.165, 1.54) is 24.6 Å². The van der Waals surface area contributed by atoms with Crippen LogP contribution in [0, 0.1) is 0 Å². The van der Waals surface area contributed by atoms with Crippen LogP contribution in [0.2, 0.25) is 0 Å². The van der Waals surface area contributed by atoms with Crippen molar-refractivity contribution in [3.8, 4) is 0 Å². The SMILES string of the molecule is C[C@H](c1nc2ccccc2s1)N(C)C(=O)CSc1nnnn1C1CCCC1. The maximum absolute atomic E-state index is 12.7. The zero-order valence-electron chi connectivity index (χ0n) is 15.4. The second-order valence-corrected chi connectivity index (χ2v) is 8.84. The Morgan fingerprint density at radius 1 is 1.37 bits per heavy atom. The van der Waals surface area contributed by atoms with Crippen molar-refractivity contribution in [2.75, 3.05) is 12.8 Å². The lowest BCUT2D eigenvalue weighted by Gasteiger charge is -2.23. The van der Waals surface area contributed by atoms with Crippen LogP contribution in [0.5, 0.6) is 0 Å². The van der Waals surface area contributed by atoms with E-state index in [2.05, 4.69) is 26.6 Å². The van der Waals surface area contributed by atoms with E-state index in [0.29, 0.717) is 11.8 Å². The maximum Gasteiger partial charge on any atom is 0.233 e. The molecule has 0 radical (unpaired) electrons. The second kappa shape index (κ2) is 7.93. The minimum Gasteiger partial charge on any atom is -0.336 e. The van der Waals surface area contributed by atoms with Crippen LogP contribution < -0.4 is 0 Å². The zero-order chi connectivity index (χ0) is 18.8. The summed E-state index contributed by atoms with van der Waals surface area (Å²) in [7, 11) is 1.83. The molecule has 0 unspecified atom stereocenters. The number of thiazole rings is 1. The van der Waals surface area contributed by atoms with E-state index in [1.807, 2.05) is 36.9 Å². The van der Waals surface area contributed by atoms with E-state index in [1.54, 1.807) is 16.2 Å². The van der Waals surface area contributed by atoms with Gasteiger partial charge in [0, 0.05) is 7.05 Å². The summed E-state index contributed by atoms with van der Waals surface area (Å²) in [5, 5.41) is 13.7. The third-order valence-corrected chi connectivity index (χ3v) is 7.22. The predicted octanol–water partition coefficient (Wildman–Crippen LogP) is 3.71. The number of carbonyl (C=O) groups excluding carboxylic acids is 1. The van der Waals surface area contributed by atoms with Gasteiger partial charge in [-0.2, -0.15) is 0 Å². The van der Waals surface area contributed by atoms with Crippen molar-refractivity contribution in [3.05, 3.63) is 29.3 Å². The Kier molecular flexibility index (Phi) is 5.40. The average Bonchev–Trinajstić information content (AvgIpc) is 3.44. The second-order valence-electron chi connectivity index (χ2n) is 6.83. The predicted molar refractivity (Wildman–Crippen MR) is 107 cm³/mol. The topological polar surface area (TPSA) is 76.8 Å². The van der Waals surface area contributed by atoms with Crippen LogP contribution in [0.15, 0.2) is 29.4 Å². The number of fused-ring (bicyclic) bond motifs is 1. The van der Waals surface area contributed by atoms with E-state index in [0.717, 1.165) is 33.2 Å². The smallest absolute Gasteiger partial charge is 0.233 e. The first-order chi connectivity index (χ1) is 13.1. The molecule has 1 aromatic carbocycles. The van der Waals surface area contributed by atoms with Gasteiger partial charge in [0.2, 0.25) is 11.1 Å². The zero-order valence-corrected chi connectivity index (χ0v) is 17.0. The number of aromatic nitrogens is 5. The van der Waals surface area contributed by atoms with E-state index in [-0.39, 0.29) is 11.9 Å². The first kappa shape index (κ1) is 18.4. The fourth-order valence-corrected chi connectivity index (χ4v) is 5.27. The Labute approximate surface area is 166 Å². The number of thioether (sulfide) groups is 1. The molecule has 27 heavy (non-hydrogen) atoms. The van der Waals surface area contributed by atoms with Crippen molar-refractivity contribution in [2.45, 2.75) is 49.8 Å². The minimum atomic E-state index is -0.0682. The van der Waals surface area contributed by atoms with Crippen LogP contribution in [0.3, 0.4) is 0 Å². The third-order valence-electron chi connectivity index (χ3n) is 5.10. The summed E-state index contributed by atoms with van der Waals surface area (Å²) in [6, 6.07) is 8.36. The van der Waals surface area contributed by atoms with E-state index in [4.69, 9.17) is 0 Å². The van der Waals surface area contributed by atoms with Gasteiger partial charge >= 0.3 is 0 Å². The fraction of sp³-hybridized carbons (Fsp3) is 0.500. The van der Waals surface area contributed by atoms with Gasteiger partial charge in [-0.3, -0.25) is 4.79 Å². The number of hydrogen-bond acceptors (Lipinski definition) is 7. The average molecular weight is 403 g/mol. The van der Waals surface area contributed by atoms with Crippen LogP contribution in [0.1, 0.15) is 49.7 Å². The van der Waals surface area contributed by atoms with E-state index < -0.39 is 0 Å². The molecule has 142 valence electrons. The molecule has 1 aliphatic rings. The number of rotatable bonds is 6. The lowest BCUT2D eigenvalue weighted by atomic mass is 10.3. The molecule has 0 aliphatic heterocycles. The molecule has 4 rings (SSSR count). The Hall–Kier alpha value is -2.00. The lowest BCUT2D eigenvalue weighted by Crippen LogP contribution is -2.31. The third kappa shape index (κ3) is 3.84. The number of hydrogen-bond donors (Lipinski definition) is 0. The lowest BCUT2D eigenvalue weighted by molar-refractivity contribution is -0.128. The number of para-hydroxylation sites is 1. The Balaban J connectivity index is 1.40. The van der Waals surface area contributed by atoms with Gasteiger partial charge in [0.1, 0.15) is 5.01 Å². The largest absolute Gasteiger partial charge is 0.336 e. The van der Waals surface area contributed by atoms with Crippen LogP contribution in [0.25, 0.3) is 10.2 Å². The first-order valence-corrected chi connectivity index (χ1v) is 11.0. The molecule has 1 aliphatic carbocycles. The van der Waals surface area contributed by atoms with Crippen LogP contribution in [-0.4, -0.2) is 48.8 Å². The number of tetrazole rings is 1. The molecular formula is C18H22N6OS2. The fourth-order valence-electron chi connectivity index (χ4n) is 3.34. The summed E-state index contributed by atoms with van der Waals surface area (Å²) in [6.45, 7) is 2.02. The van der Waals surface area contributed by atoms with Gasteiger partial charge in [-0.05, 0) is 42.3 Å². The Morgan fingerprint density at radius 2 is 2.15 bits per heavy atom. The highest BCUT2D eigenvalue weighted by molar-refractivity contribution is 7.99. The van der Waals surface area contributed by atoms with Gasteiger partial charge in [0.25, 0.3) is 0 Å². The molecule has 0 saturated heterocycles. The first-order valence-electron chi connectivity index (χ1n) is 9.15. The molecule has 0 spiro atoms. The van der Waals surface area contributed by atoms with Crippen molar-refractivity contribution >= 4 is 39.2 Å². The summed E-state index contributed by atoms with van der Waals surface area (Å²) in [5.41, 5.74) is 0.982. The molecule has 2 aromatic heterocycles. The molecule has 1 fully saturated rings. The molecular weight excluding hydrogens is 380 g/mol. The molecule has 3 aromatic rings. The van der Waals surface area contributed by atoms with Gasteiger partial charge < -0.3 is 4.90 Å². The number of carbonyl (C=O) groups is 1. The van der Waals surface area contributed by atoms with Gasteiger partial charge in [-0.15, -0.1) is 16.4 Å². The van der Waals surface area contributed by atoms with Crippen molar-refractivity contribution in [1.82, 2.24) is 30.1 Å². The van der Waals surface area contributed by atoms with Crippen molar-refractivity contribution in [2.24, 2.45) is 0 Å². The molecule has 9 heteroatoms. The van der Waals surface area contributed by atoms with E-state index in [9.17, 15) is 4.79 Å². The summed E-state index contributed by atoms with van der Waals surface area (Å²) in [5.74, 6) is 0.367. The summed E-state index contributed by atoms with van der Waals surface area (Å²) < 4.78 is 3.03. The number of nitrogens with zero attached hydrogens (tertiary/aromatic N) is 6. The normalized spacial score (nSPS) is 16.1. The van der Waals surface area contributed by atoms with Crippen LogP contribution in [0.4, 0.5) is 0 Å². The quantitative estimate of drug-likeness (QED) is 0.585. The van der Waals surface area contributed by atoms with Gasteiger partial charge in [0.05, 0.1) is 28.1 Å². The van der Waals surface area contributed by atoms with Gasteiger partial charge in [-0.1, -0.05) is 36.7 Å². The highest BCUT2D eigenvalue weighted by atomic mass is 32.2. The van der Waals surface area contributed by atoms with Crippen molar-refractivity contribution in [3.63, 3.8) is 0 Å². The van der Waals surface area contributed by atoms with Gasteiger partial charge in [0.15, 0.2) is 0 Å². The maximum atomic E-state index is 12.7.